The van der Waals surface area contributed by atoms with Crippen LogP contribution in [0, 0.1) is 5.82 Å². The number of nitrogens with one attached hydrogen (secondary N) is 3. The molecule has 0 bridgehead atoms. The summed E-state index contributed by atoms with van der Waals surface area (Å²) in [6, 6.07) is 6.06. The number of carbonyl (C=O) groups is 1. The van der Waals surface area contributed by atoms with Gasteiger partial charge in [-0.3, -0.25) is 15.6 Å². The van der Waals surface area contributed by atoms with Crippen LogP contribution in [0.25, 0.3) is 0 Å². The monoisotopic (exact) mass is 344 g/mol. The number of nitrogens with two attached hydrogens (primary N) is 1. The average Bonchev–Trinajstić information content (AvgIpc) is 2.63. The van der Waals surface area contributed by atoms with Crippen molar-refractivity contribution < 1.29 is 9.18 Å². The number of rotatable bonds is 5. The highest BCUT2D eigenvalue weighted by molar-refractivity contribution is 5.95. The summed E-state index contributed by atoms with van der Waals surface area (Å²) >= 11 is 0. The van der Waals surface area contributed by atoms with Crippen LogP contribution in [0.1, 0.15) is 42.5 Å². The van der Waals surface area contributed by atoms with Crippen LogP contribution in [0.4, 0.5) is 21.7 Å². The molecule has 7 nitrogen and oxygen atoms in total. The number of amides is 1. The lowest BCUT2D eigenvalue weighted by Crippen LogP contribution is -2.31. The van der Waals surface area contributed by atoms with E-state index in [-0.39, 0.29) is 11.4 Å². The summed E-state index contributed by atoms with van der Waals surface area (Å²) in [6.07, 6.45) is 7.15. The van der Waals surface area contributed by atoms with Gasteiger partial charge in [-0.25, -0.2) is 14.4 Å². The van der Waals surface area contributed by atoms with Crippen molar-refractivity contribution in [3.8, 4) is 0 Å². The van der Waals surface area contributed by atoms with E-state index in [0.717, 1.165) is 12.8 Å². The van der Waals surface area contributed by atoms with Crippen LogP contribution in [0.2, 0.25) is 0 Å². The molecule has 1 aromatic carbocycles. The zero-order valence-corrected chi connectivity index (χ0v) is 13.8. The highest BCUT2D eigenvalue weighted by Gasteiger charge is 2.17. The Kier molecular flexibility index (Phi) is 5.27. The molecule has 1 amide bonds. The van der Waals surface area contributed by atoms with Gasteiger partial charge >= 0.3 is 0 Å². The van der Waals surface area contributed by atoms with Crippen molar-refractivity contribution in [1.82, 2.24) is 15.4 Å². The number of hydrogen-bond donors (Lipinski definition) is 4. The predicted molar refractivity (Wildman–Crippen MR) is 94.4 cm³/mol. The van der Waals surface area contributed by atoms with E-state index in [2.05, 4.69) is 26.1 Å². The van der Waals surface area contributed by atoms with E-state index < -0.39 is 11.7 Å². The number of nitrogen functional groups attached to an aromatic ring is 1. The number of nitrogens with zero attached hydrogens (tertiary/aromatic N) is 2. The SMILES string of the molecule is Nc1c(NNC(=O)c2ccccc2F)ncnc1NC1CCCCC1. The Bertz CT molecular complexity index is 748. The Labute approximate surface area is 145 Å². The van der Waals surface area contributed by atoms with Gasteiger partial charge in [0.1, 0.15) is 17.8 Å². The first-order chi connectivity index (χ1) is 12.1. The zero-order valence-electron chi connectivity index (χ0n) is 13.8. The van der Waals surface area contributed by atoms with Gasteiger partial charge in [0.25, 0.3) is 5.91 Å². The Morgan fingerprint density at radius 1 is 1.12 bits per heavy atom. The van der Waals surface area contributed by atoms with Gasteiger partial charge in [-0.2, -0.15) is 0 Å². The highest BCUT2D eigenvalue weighted by Crippen LogP contribution is 2.26. The number of aromatic nitrogens is 2. The fourth-order valence-electron chi connectivity index (χ4n) is 2.88. The number of anilines is 3. The molecule has 0 radical (unpaired) electrons. The van der Waals surface area contributed by atoms with Crippen molar-refractivity contribution in [2.24, 2.45) is 0 Å². The highest BCUT2D eigenvalue weighted by atomic mass is 19.1. The molecule has 0 unspecified atom stereocenters. The molecule has 25 heavy (non-hydrogen) atoms. The Morgan fingerprint density at radius 3 is 2.60 bits per heavy atom. The van der Waals surface area contributed by atoms with Crippen molar-refractivity contribution in [3.05, 3.63) is 42.0 Å². The molecule has 3 rings (SSSR count). The molecule has 0 saturated heterocycles. The lowest BCUT2D eigenvalue weighted by molar-refractivity contribution is 0.0958. The van der Waals surface area contributed by atoms with Crippen LogP contribution >= 0.6 is 0 Å². The van der Waals surface area contributed by atoms with Gasteiger partial charge in [0.05, 0.1) is 5.56 Å². The summed E-state index contributed by atoms with van der Waals surface area (Å²) in [5.74, 6) is -0.419. The molecule has 0 spiro atoms. The second-order valence-corrected chi connectivity index (χ2v) is 6.02. The standard InChI is InChI=1S/C17H21FN6O/c18-13-9-5-4-8-12(13)17(25)24-23-16-14(19)15(20-10-21-16)22-11-6-2-1-3-7-11/h4-5,8-11H,1-3,6-7,19H2,(H,24,25)(H2,20,21,22,23). The Morgan fingerprint density at radius 2 is 1.84 bits per heavy atom. The summed E-state index contributed by atoms with van der Waals surface area (Å²) in [6.45, 7) is 0. The smallest absolute Gasteiger partial charge is 0.272 e. The fraction of sp³-hybridized carbons (Fsp3) is 0.353. The molecule has 8 heteroatoms. The third kappa shape index (κ3) is 4.14. The van der Waals surface area contributed by atoms with Gasteiger partial charge in [-0.1, -0.05) is 31.4 Å². The van der Waals surface area contributed by atoms with Crippen molar-refractivity contribution in [2.45, 2.75) is 38.1 Å². The molecule has 1 aliphatic carbocycles. The normalized spacial score (nSPS) is 14.8. The summed E-state index contributed by atoms with van der Waals surface area (Å²) in [7, 11) is 0. The molecule has 2 aromatic rings. The van der Waals surface area contributed by atoms with E-state index in [1.54, 1.807) is 6.07 Å². The van der Waals surface area contributed by atoms with Crippen LogP contribution in [-0.4, -0.2) is 21.9 Å². The molecule has 1 aromatic heterocycles. The van der Waals surface area contributed by atoms with E-state index >= 15 is 0 Å². The third-order valence-corrected chi connectivity index (χ3v) is 4.24. The Hall–Kier alpha value is -2.90. The van der Waals surface area contributed by atoms with E-state index in [1.165, 1.54) is 43.8 Å². The number of hydrazine groups is 1. The van der Waals surface area contributed by atoms with E-state index in [1.807, 2.05) is 0 Å². The topological polar surface area (TPSA) is 105 Å². The van der Waals surface area contributed by atoms with Gasteiger partial charge in [-0.15, -0.1) is 0 Å². The summed E-state index contributed by atoms with van der Waals surface area (Å²) in [5.41, 5.74) is 11.4. The molecular formula is C17H21FN6O. The second kappa shape index (κ2) is 7.78. The number of benzene rings is 1. The number of halogens is 1. The maximum atomic E-state index is 13.6. The fourth-order valence-corrected chi connectivity index (χ4v) is 2.88. The second-order valence-electron chi connectivity index (χ2n) is 6.02. The lowest BCUT2D eigenvalue weighted by atomic mass is 9.95. The third-order valence-electron chi connectivity index (χ3n) is 4.24. The lowest BCUT2D eigenvalue weighted by Gasteiger charge is -2.24. The van der Waals surface area contributed by atoms with E-state index in [9.17, 15) is 9.18 Å². The molecule has 1 heterocycles. The summed E-state index contributed by atoms with van der Waals surface area (Å²) < 4.78 is 13.6. The van der Waals surface area contributed by atoms with E-state index in [4.69, 9.17) is 5.73 Å². The van der Waals surface area contributed by atoms with Gasteiger partial charge in [-0.05, 0) is 25.0 Å². The molecule has 0 aliphatic heterocycles. The molecular weight excluding hydrogens is 323 g/mol. The van der Waals surface area contributed by atoms with Gasteiger partial charge in [0, 0.05) is 6.04 Å². The summed E-state index contributed by atoms with van der Waals surface area (Å²) in [5, 5.41) is 3.33. The molecule has 0 atom stereocenters. The van der Waals surface area contributed by atoms with Crippen LogP contribution in [-0.2, 0) is 0 Å². The van der Waals surface area contributed by atoms with Crippen molar-refractivity contribution in [3.63, 3.8) is 0 Å². The first kappa shape index (κ1) is 16.9. The van der Waals surface area contributed by atoms with Crippen LogP contribution < -0.4 is 21.9 Å². The number of carbonyl (C=O) groups excluding carboxylic acids is 1. The molecule has 132 valence electrons. The average molecular weight is 344 g/mol. The first-order valence-electron chi connectivity index (χ1n) is 8.33. The first-order valence-corrected chi connectivity index (χ1v) is 8.33. The minimum atomic E-state index is -0.613. The molecule has 5 N–H and O–H groups in total. The van der Waals surface area contributed by atoms with Crippen LogP contribution in [0.3, 0.4) is 0 Å². The maximum absolute atomic E-state index is 13.6. The zero-order chi connectivity index (χ0) is 17.6. The maximum Gasteiger partial charge on any atom is 0.272 e. The largest absolute Gasteiger partial charge is 0.393 e. The Balaban J connectivity index is 1.65. The van der Waals surface area contributed by atoms with Crippen LogP contribution in [0.15, 0.2) is 30.6 Å². The van der Waals surface area contributed by atoms with Gasteiger partial charge in [0.2, 0.25) is 0 Å². The number of hydrogen-bond acceptors (Lipinski definition) is 6. The van der Waals surface area contributed by atoms with Gasteiger partial charge in [0.15, 0.2) is 11.6 Å². The van der Waals surface area contributed by atoms with Crippen molar-refractivity contribution in [1.29, 1.82) is 0 Å². The molecule has 1 saturated carbocycles. The van der Waals surface area contributed by atoms with E-state index in [0.29, 0.717) is 17.5 Å². The van der Waals surface area contributed by atoms with Gasteiger partial charge < -0.3 is 11.1 Å². The minimum absolute atomic E-state index is 0.0665. The quantitative estimate of drug-likeness (QED) is 0.622. The molecule has 1 fully saturated rings. The van der Waals surface area contributed by atoms with Crippen LogP contribution in [0.5, 0.6) is 0 Å². The predicted octanol–water partition coefficient (Wildman–Crippen LogP) is 2.70. The van der Waals surface area contributed by atoms with Crippen molar-refractivity contribution >= 4 is 23.2 Å². The molecule has 1 aliphatic rings. The minimum Gasteiger partial charge on any atom is -0.393 e. The van der Waals surface area contributed by atoms with Crippen molar-refractivity contribution in [2.75, 3.05) is 16.5 Å². The summed E-state index contributed by atoms with van der Waals surface area (Å²) in [4.78, 5) is 20.2.